The Labute approximate surface area is 283 Å². The van der Waals surface area contributed by atoms with Crippen molar-refractivity contribution in [2.24, 2.45) is 0 Å². The van der Waals surface area contributed by atoms with Crippen molar-refractivity contribution in [1.29, 1.82) is 0 Å². The van der Waals surface area contributed by atoms with E-state index in [4.69, 9.17) is 19.9 Å². The summed E-state index contributed by atoms with van der Waals surface area (Å²) in [5, 5.41) is 1.08. The topological polar surface area (TPSA) is 56.5 Å². The zero-order valence-corrected chi connectivity index (χ0v) is 26.5. The molecule has 6 aromatic carbocycles. The summed E-state index contributed by atoms with van der Waals surface area (Å²) >= 11 is 0. The van der Waals surface area contributed by atoms with Gasteiger partial charge in [0.2, 0.25) is 0 Å². The van der Waals surface area contributed by atoms with Gasteiger partial charge in [-0.05, 0) is 30.3 Å². The number of fused-ring (bicyclic) bond motifs is 3. The summed E-state index contributed by atoms with van der Waals surface area (Å²) in [6.45, 7) is 0. The molecule has 9 rings (SSSR count). The van der Waals surface area contributed by atoms with Gasteiger partial charge in [0, 0.05) is 38.9 Å². The Bertz CT molecular complexity index is 2520. The molecule has 5 heteroatoms. The summed E-state index contributed by atoms with van der Waals surface area (Å²) in [7, 11) is 0. The third-order valence-corrected chi connectivity index (χ3v) is 8.81. The minimum atomic E-state index is 0.657. The third-order valence-electron chi connectivity index (χ3n) is 8.81. The Hall–Kier alpha value is -6.72. The van der Waals surface area contributed by atoms with Gasteiger partial charge in [0.05, 0.1) is 28.1 Å². The predicted octanol–water partition coefficient (Wildman–Crippen LogP) is 10.7. The van der Waals surface area contributed by atoms with Gasteiger partial charge in [-0.15, -0.1) is 0 Å². The lowest BCUT2D eigenvalue weighted by Gasteiger charge is -2.13. The van der Waals surface area contributed by atoms with E-state index in [0.29, 0.717) is 11.6 Å². The molecular weight excluding hydrogens is 599 g/mol. The van der Waals surface area contributed by atoms with Crippen LogP contribution in [0.25, 0.3) is 84.2 Å². The van der Waals surface area contributed by atoms with E-state index in [0.717, 1.165) is 72.5 Å². The molecule has 0 saturated heterocycles. The lowest BCUT2D eigenvalue weighted by Crippen LogP contribution is -2.00. The quantitative estimate of drug-likeness (QED) is 0.184. The monoisotopic (exact) mass is 627 g/mol. The molecule has 0 aliphatic heterocycles. The second-order valence-corrected chi connectivity index (χ2v) is 11.9. The number of para-hydroxylation sites is 2. The minimum Gasteiger partial charge on any atom is -0.306 e. The Kier molecular flexibility index (Phi) is 7.06. The molecule has 0 aliphatic carbocycles. The average molecular weight is 628 g/mol. The second-order valence-electron chi connectivity index (χ2n) is 11.9. The predicted molar refractivity (Wildman–Crippen MR) is 199 cm³/mol. The second kappa shape index (κ2) is 12.1. The van der Waals surface area contributed by atoms with Crippen LogP contribution in [0.4, 0.5) is 0 Å². The lowest BCUT2D eigenvalue weighted by molar-refractivity contribution is 1.15. The van der Waals surface area contributed by atoms with Crippen molar-refractivity contribution in [2.75, 3.05) is 0 Å². The average Bonchev–Trinajstić information content (AvgIpc) is 3.53. The smallest absolute Gasteiger partial charge is 0.160 e. The van der Waals surface area contributed by atoms with Gasteiger partial charge in [-0.25, -0.2) is 19.9 Å². The van der Waals surface area contributed by atoms with Crippen LogP contribution in [0.2, 0.25) is 0 Å². The van der Waals surface area contributed by atoms with E-state index in [1.807, 2.05) is 60.7 Å². The van der Waals surface area contributed by atoms with Gasteiger partial charge in [-0.3, -0.25) is 0 Å². The van der Waals surface area contributed by atoms with E-state index in [1.165, 1.54) is 0 Å². The largest absolute Gasteiger partial charge is 0.306 e. The van der Waals surface area contributed by atoms with E-state index in [1.54, 1.807) is 0 Å². The molecule has 0 radical (unpaired) electrons. The summed E-state index contributed by atoms with van der Waals surface area (Å²) in [5.74, 6) is 1.34. The first-order valence-electron chi connectivity index (χ1n) is 16.3. The van der Waals surface area contributed by atoms with Crippen LogP contribution in [0.5, 0.6) is 0 Å². The summed E-state index contributed by atoms with van der Waals surface area (Å²) < 4.78 is 2.28. The highest BCUT2D eigenvalue weighted by Crippen LogP contribution is 2.38. The van der Waals surface area contributed by atoms with Crippen LogP contribution in [0.1, 0.15) is 0 Å². The molecule has 3 heterocycles. The maximum atomic E-state index is 5.32. The fourth-order valence-electron chi connectivity index (χ4n) is 6.50. The van der Waals surface area contributed by atoms with Crippen molar-refractivity contribution in [3.63, 3.8) is 0 Å². The maximum Gasteiger partial charge on any atom is 0.160 e. The highest BCUT2D eigenvalue weighted by atomic mass is 15.0. The van der Waals surface area contributed by atoms with Gasteiger partial charge < -0.3 is 4.57 Å². The minimum absolute atomic E-state index is 0.657. The van der Waals surface area contributed by atoms with Crippen molar-refractivity contribution in [2.45, 2.75) is 0 Å². The fourth-order valence-corrected chi connectivity index (χ4v) is 6.50. The molecule has 0 spiro atoms. The summed E-state index contributed by atoms with van der Waals surface area (Å²) in [4.78, 5) is 20.7. The van der Waals surface area contributed by atoms with Crippen molar-refractivity contribution in [3.05, 3.63) is 176 Å². The number of benzene rings is 6. The molecule has 0 saturated carbocycles. The van der Waals surface area contributed by atoms with E-state index in [9.17, 15) is 0 Å². The van der Waals surface area contributed by atoms with Gasteiger partial charge in [0.15, 0.2) is 11.6 Å². The van der Waals surface area contributed by atoms with Gasteiger partial charge in [0.25, 0.3) is 0 Å². The number of rotatable bonds is 6. The van der Waals surface area contributed by atoms with Gasteiger partial charge >= 0.3 is 0 Å². The molecule has 230 valence electrons. The summed E-state index contributed by atoms with van der Waals surface area (Å²) in [6, 6.07) is 60.1. The Morgan fingerprint density at radius 2 is 0.898 bits per heavy atom. The lowest BCUT2D eigenvalue weighted by atomic mass is 10.0. The molecule has 0 amide bonds. The van der Waals surface area contributed by atoms with E-state index in [2.05, 4.69) is 120 Å². The molecule has 0 aliphatic rings. The molecule has 3 aromatic heterocycles. The van der Waals surface area contributed by atoms with Crippen LogP contribution in [0, 0.1) is 0 Å². The number of aromatic nitrogens is 5. The molecule has 0 atom stereocenters. The Balaban J connectivity index is 1.26. The number of nitrogens with zero attached hydrogens (tertiary/aromatic N) is 5. The molecule has 0 bridgehead atoms. The number of hydrogen-bond donors (Lipinski definition) is 0. The molecule has 9 aromatic rings. The Morgan fingerprint density at radius 1 is 0.367 bits per heavy atom. The zero-order valence-electron chi connectivity index (χ0n) is 26.5. The van der Waals surface area contributed by atoms with Crippen LogP contribution in [-0.2, 0) is 0 Å². The number of hydrogen-bond acceptors (Lipinski definition) is 4. The molecular formula is C44H29N5. The van der Waals surface area contributed by atoms with Crippen LogP contribution in [0.15, 0.2) is 176 Å². The van der Waals surface area contributed by atoms with Crippen LogP contribution >= 0.6 is 0 Å². The summed E-state index contributed by atoms with van der Waals surface area (Å²) in [6.07, 6.45) is 0. The van der Waals surface area contributed by atoms with Crippen molar-refractivity contribution in [3.8, 4) is 62.2 Å². The summed E-state index contributed by atoms with van der Waals surface area (Å²) in [5.41, 5.74) is 11.5. The van der Waals surface area contributed by atoms with Gasteiger partial charge in [-0.2, -0.15) is 0 Å². The first-order chi connectivity index (χ1) is 24.3. The molecule has 5 nitrogen and oxygen atoms in total. The first-order valence-corrected chi connectivity index (χ1v) is 16.3. The van der Waals surface area contributed by atoms with E-state index in [-0.39, 0.29) is 0 Å². The van der Waals surface area contributed by atoms with Crippen molar-refractivity contribution < 1.29 is 0 Å². The third kappa shape index (κ3) is 5.24. The van der Waals surface area contributed by atoms with Crippen molar-refractivity contribution in [1.82, 2.24) is 24.5 Å². The van der Waals surface area contributed by atoms with E-state index < -0.39 is 0 Å². The normalized spacial score (nSPS) is 11.3. The zero-order chi connectivity index (χ0) is 32.6. The molecule has 0 unspecified atom stereocenters. The van der Waals surface area contributed by atoms with Crippen LogP contribution in [-0.4, -0.2) is 24.5 Å². The molecule has 49 heavy (non-hydrogen) atoms. The highest BCUT2D eigenvalue weighted by Gasteiger charge is 2.21. The Morgan fingerprint density at radius 3 is 1.61 bits per heavy atom. The standard InChI is InChI=1S/C44H29N5/c1-5-16-30(17-6-1)37-29-38(46-43(45-37)32-20-9-3-10-21-32)33-22-15-23-34(28-33)44-47-40(31-18-7-2-8-19-31)42-41(48-44)36-26-13-14-27-39(36)49(42)35-24-11-4-12-25-35/h1-29H. The van der Waals surface area contributed by atoms with Gasteiger partial charge in [-0.1, -0.05) is 146 Å². The van der Waals surface area contributed by atoms with Crippen molar-refractivity contribution >= 4 is 21.9 Å². The van der Waals surface area contributed by atoms with E-state index >= 15 is 0 Å². The highest BCUT2D eigenvalue weighted by molar-refractivity contribution is 6.11. The van der Waals surface area contributed by atoms with Crippen LogP contribution in [0.3, 0.4) is 0 Å². The SMILES string of the molecule is c1ccc(-c2cc(-c3cccc(-c4nc(-c5ccccc5)c5c(n4)c4ccccc4n5-c4ccccc4)c3)nc(-c3ccccc3)n2)cc1. The van der Waals surface area contributed by atoms with Gasteiger partial charge in [0.1, 0.15) is 5.52 Å². The van der Waals surface area contributed by atoms with Crippen LogP contribution < -0.4 is 0 Å². The maximum absolute atomic E-state index is 5.32. The molecule has 0 N–H and O–H groups in total. The fraction of sp³-hybridized carbons (Fsp3) is 0. The first kappa shape index (κ1) is 28.5. The molecule has 0 fully saturated rings.